The Morgan fingerprint density at radius 3 is 2.64 bits per heavy atom. The lowest BCUT2D eigenvalue weighted by atomic mass is 10.2. The van der Waals surface area contributed by atoms with E-state index in [1.807, 2.05) is 24.3 Å². The summed E-state index contributed by atoms with van der Waals surface area (Å²) in [6.07, 6.45) is 0.824. The summed E-state index contributed by atoms with van der Waals surface area (Å²) in [4.78, 5) is 11.6. The van der Waals surface area contributed by atoms with E-state index in [-0.39, 0.29) is 11.9 Å². The molecule has 1 amide bonds. The van der Waals surface area contributed by atoms with Gasteiger partial charge >= 0.3 is 0 Å². The number of carbonyl (C=O) groups excluding carboxylic acids is 1. The van der Waals surface area contributed by atoms with Gasteiger partial charge < -0.3 is 15.4 Å². The lowest BCUT2D eigenvalue weighted by Gasteiger charge is -2.12. The van der Waals surface area contributed by atoms with Gasteiger partial charge in [0, 0.05) is 13.1 Å². The fourth-order valence-electron chi connectivity index (χ4n) is 2.59. The van der Waals surface area contributed by atoms with Gasteiger partial charge in [0.1, 0.15) is 12.4 Å². The van der Waals surface area contributed by atoms with E-state index in [1.54, 1.807) is 12.1 Å². The predicted octanol–water partition coefficient (Wildman–Crippen LogP) is 4.31. The maximum absolute atomic E-state index is 11.6. The molecule has 132 valence electrons. The van der Waals surface area contributed by atoms with Crippen molar-refractivity contribution in [2.75, 3.05) is 6.54 Å². The number of hydrogen-bond donors (Lipinski definition) is 2. The molecule has 0 aliphatic carbocycles. The third kappa shape index (κ3) is 4.88. The van der Waals surface area contributed by atoms with Crippen LogP contribution in [-0.2, 0) is 17.9 Å². The molecule has 1 aliphatic heterocycles. The Bertz CT molecular complexity index is 786. The zero-order chi connectivity index (χ0) is 17.8. The van der Waals surface area contributed by atoms with Crippen molar-refractivity contribution in [1.82, 2.24) is 10.6 Å². The summed E-state index contributed by atoms with van der Waals surface area (Å²) in [6.45, 7) is 1.76. The number of hydrogen-bond acceptors (Lipinski definition) is 3. The molecule has 0 bridgehead atoms. The minimum Gasteiger partial charge on any atom is -0.488 e. The summed E-state index contributed by atoms with van der Waals surface area (Å²) < 4.78 is 6.70. The van der Waals surface area contributed by atoms with Crippen LogP contribution in [0.25, 0.3) is 0 Å². The Morgan fingerprint density at radius 2 is 1.96 bits per heavy atom. The lowest BCUT2D eigenvalue weighted by Crippen LogP contribution is -2.35. The van der Waals surface area contributed by atoms with Gasteiger partial charge in [-0.3, -0.25) is 4.79 Å². The molecule has 7 heteroatoms. The van der Waals surface area contributed by atoms with E-state index < -0.39 is 0 Å². The molecule has 2 aromatic carbocycles. The van der Waals surface area contributed by atoms with Crippen molar-refractivity contribution in [3.63, 3.8) is 0 Å². The highest BCUT2D eigenvalue weighted by atomic mass is 79.9. The van der Waals surface area contributed by atoms with E-state index in [0.29, 0.717) is 23.2 Å². The highest BCUT2D eigenvalue weighted by Crippen LogP contribution is 2.28. The van der Waals surface area contributed by atoms with Crippen molar-refractivity contribution in [3.8, 4) is 5.75 Å². The Labute approximate surface area is 165 Å². The number of nitrogens with one attached hydrogen (secondary N) is 2. The molecule has 3 rings (SSSR count). The van der Waals surface area contributed by atoms with Gasteiger partial charge in [0.2, 0.25) is 5.91 Å². The van der Waals surface area contributed by atoms with E-state index in [1.165, 1.54) is 0 Å². The summed E-state index contributed by atoms with van der Waals surface area (Å²) in [5.74, 6) is 0.814. The standard InChI is InChI=1S/C18H17BrCl2N2O2/c19-13-7-11(9-23-16-5-6-22-18(16)24)2-4-17(13)25-10-12-1-3-14(20)15(21)8-12/h1-4,7-8,16,23H,5-6,9-10H2,(H,22,24). The molecular formula is C18H17BrCl2N2O2. The average Bonchev–Trinajstić information content (AvgIpc) is 3.00. The quantitative estimate of drug-likeness (QED) is 0.699. The molecule has 0 saturated carbocycles. The second-order valence-electron chi connectivity index (χ2n) is 5.82. The molecule has 25 heavy (non-hydrogen) atoms. The Balaban J connectivity index is 1.57. The summed E-state index contributed by atoms with van der Waals surface area (Å²) in [5, 5.41) is 7.12. The summed E-state index contributed by atoms with van der Waals surface area (Å²) in [5.41, 5.74) is 2.02. The van der Waals surface area contributed by atoms with Crippen molar-refractivity contribution in [2.45, 2.75) is 25.6 Å². The summed E-state index contributed by atoms with van der Waals surface area (Å²) in [7, 11) is 0. The zero-order valence-electron chi connectivity index (χ0n) is 13.3. The molecule has 2 N–H and O–H groups in total. The molecule has 1 fully saturated rings. The normalized spacial score (nSPS) is 16.8. The lowest BCUT2D eigenvalue weighted by molar-refractivity contribution is -0.120. The predicted molar refractivity (Wildman–Crippen MR) is 103 cm³/mol. The minimum absolute atomic E-state index is 0.0700. The SMILES string of the molecule is O=C1NCCC1NCc1ccc(OCc2ccc(Cl)c(Cl)c2)c(Br)c1. The van der Waals surface area contributed by atoms with Crippen molar-refractivity contribution in [3.05, 3.63) is 62.0 Å². The van der Waals surface area contributed by atoms with Crippen LogP contribution in [0.15, 0.2) is 40.9 Å². The van der Waals surface area contributed by atoms with Gasteiger partial charge in [0.25, 0.3) is 0 Å². The Hall–Kier alpha value is -1.27. The molecule has 1 atom stereocenters. The van der Waals surface area contributed by atoms with Gasteiger partial charge in [0.15, 0.2) is 0 Å². The number of benzene rings is 2. The third-order valence-corrected chi connectivity index (χ3v) is 5.33. The second-order valence-corrected chi connectivity index (χ2v) is 7.48. The fraction of sp³-hybridized carbons (Fsp3) is 0.278. The van der Waals surface area contributed by atoms with Crippen LogP contribution in [-0.4, -0.2) is 18.5 Å². The first-order chi connectivity index (χ1) is 12.0. The number of amides is 1. The van der Waals surface area contributed by atoms with Crippen molar-refractivity contribution in [1.29, 1.82) is 0 Å². The fourth-order valence-corrected chi connectivity index (χ4v) is 3.45. The highest BCUT2D eigenvalue weighted by Gasteiger charge is 2.22. The van der Waals surface area contributed by atoms with E-state index in [9.17, 15) is 4.79 Å². The van der Waals surface area contributed by atoms with Crippen molar-refractivity contribution < 1.29 is 9.53 Å². The van der Waals surface area contributed by atoms with E-state index in [2.05, 4.69) is 26.6 Å². The summed E-state index contributed by atoms with van der Waals surface area (Å²) in [6, 6.07) is 11.2. The minimum atomic E-state index is -0.107. The highest BCUT2D eigenvalue weighted by molar-refractivity contribution is 9.10. The van der Waals surface area contributed by atoms with Crippen LogP contribution in [0.5, 0.6) is 5.75 Å². The molecule has 0 aromatic heterocycles. The van der Waals surface area contributed by atoms with Gasteiger partial charge in [0.05, 0.1) is 20.6 Å². The topological polar surface area (TPSA) is 50.4 Å². The van der Waals surface area contributed by atoms with Crippen LogP contribution in [0.3, 0.4) is 0 Å². The number of ether oxygens (including phenoxy) is 1. The molecule has 0 spiro atoms. The van der Waals surface area contributed by atoms with Gasteiger partial charge in [-0.15, -0.1) is 0 Å². The molecule has 1 saturated heterocycles. The van der Waals surface area contributed by atoms with Crippen LogP contribution in [0.1, 0.15) is 17.5 Å². The molecule has 0 radical (unpaired) electrons. The summed E-state index contributed by atoms with van der Waals surface area (Å²) >= 11 is 15.5. The van der Waals surface area contributed by atoms with Gasteiger partial charge in [-0.05, 0) is 57.7 Å². The maximum atomic E-state index is 11.6. The van der Waals surface area contributed by atoms with Gasteiger partial charge in [-0.2, -0.15) is 0 Å². The average molecular weight is 444 g/mol. The molecule has 1 aliphatic rings. The first kappa shape index (κ1) is 18.5. The van der Waals surface area contributed by atoms with Crippen molar-refractivity contribution in [2.24, 2.45) is 0 Å². The molecule has 2 aromatic rings. The van der Waals surface area contributed by atoms with E-state index in [0.717, 1.165) is 34.3 Å². The maximum Gasteiger partial charge on any atom is 0.237 e. The third-order valence-electron chi connectivity index (χ3n) is 3.98. The molecule has 1 heterocycles. The Morgan fingerprint density at radius 1 is 1.16 bits per heavy atom. The first-order valence-corrected chi connectivity index (χ1v) is 9.44. The van der Waals surface area contributed by atoms with Gasteiger partial charge in [-0.25, -0.2) is 0 Å². The van der Waals surface area contributed by atoms with Crippen LogP contribution in [0.4, 0.5) is 0 Å². The Kier molecular flexibility index (Phi) is 6.23. The van der Waals surface area contributed by atoms with Gasteiger partial charge in [-0.1, -0.05) is 35.3 Å². The zero-order valence-corrected chi connectivity index (χ0v) is 16.4. The monoisotopic (exact) mass is 442 g/mol. The van der Waals surface area contributed by atoms with Crippen LogP contribution in [0, 0.1) is 0 Å². The molecular weight excluding hydrogens is 427 g/mol. The second kappa shape index (κ2) is 8.41. The van der Waals surface area contributed by atoms with E-state index >= 15 is 0 Å². The number of halogens is 3. The molecule has 1 unspecified atom stereocenters. The van der Waals surface area contributed by atoms with Crippen molar-refractivity contribution >= 4 is 45.0 Å². The first-order valence-electron chi connectivity index (χ1n) is 7.89. The number of carbonyl (C=O) groups is 1. The van der Waals surface area contributed by atoms with Crippen LogP contribution >= 0.6 is 39.1 Å². The smallest absolute Gasteiger partial charge is 0.237 e. The van der Waals surface area contributed by atoms with Crippen LogP contribution in [0.2, 0.25) is 10.0 Å². The molecule has 4 nitrogen and oxygen atoms in total. The van der Waals surface area contributed by atoms with Crippen LogP contribution < -0.4 is 15.4 Å². The largest absolute Gasteiger partial charge is 0.488 e. The van der Waals surface area contributed by atoms with E-state index in [4.69, 9.17) is 27.9 Å². The number of rotatable bonds is 6.